The second-order valence-corrected chi connectivity index (χ2v) is 8.03. The lowest BCUT2D eigenvalue weighted by molar-refractivity contribution is 0.154. The van der Waals surface area contributed by atoms with Crippen molar-refractivity contribution in [1.29, 1.82) is 0 Å². The molecule has 0 saturated carbocycles. The van der Waals surface area contributed by atoms with Crippen LogP contribution >= 0.6 is 0 Å². The number of nitrogens with one attached hydrogen (secondary N) is 1. The predicted molar refractivity (Wildman–Crippen MR) is 124 cm³/mol. The van der Waals surface area contributed by atoms with Crippen LogP contribution in [0.3, 0.4) is 0 Å². The summed E-state index contributed by atoms with van der Waals surface area (Å²) in [5.74, 6) is 0.829. The number of aryl methyl sites for hydroxylation is 1. The molecule has 1 fully saturated rings. The van der Waals surface area contributed by atoms with Crippen LogP contribution in [0, 0.1) is 0 Å². The monoisotopic (exact) mass is 405 g/mol. The number of likely N-dealkylation sites (N-methyl/N-ethyl adjacent to an activating group) is 1. The number of aromatic nitrogens is 2. The Bertz CT molecular complexity index is 1040. The Kier molecular flexibility index (Phi) is 6.45. The maximum atomic E-state index is 13.1. The summed E-state index contributed by atoms with van der Waals surface area (Å²) in [6, 6.07) is 13.8. The summed E-state index contributed by atoms with van der Waals surface area (Å²) in [5.41, 5.74) is 2.64. The van der Waals surface area contributed by atoms with Gasteiger partial charge in [-0.25, -0.2) is 4.98 Å². The van der Waals surface area contributed by atoms with Gasteiger partial charge in [-0.3, -0.25) is 4.79 Å². The highest BCUT2D eigenvalue weighted by Crippen LogP contribution is 2.22. The highest BCUT2D eigenvalue weighted by atomic mass is 16.1. The van der Waals surface area contributed by atoms with Gasteiger partial charge >= 0.3 is 0 Å². The number of fused-ring (bicyclic) bond motifs is 1. The van der Waals surface area contributed by atoms with E-state index in [4.69, 9.17) is 0 Å². The normalized spacial score (nSPS) is 15.5. The maximum absolute atomic E-state index is 13.1. The van der Waals surface area contributed by atoms with Gasteiger partial charge in [0.2, 0.25) is 0 Å². The van der Waals surface area contributed by atoms with E-state index in [2.05, 4.69) is 27.1 Å². The molecule has 3 aromatic rings. The molecule has 2 aromatic heterocycles. The molecule has 3 heterocycles. The summed E-state index contributed by atoms with van der Waals surface area (Å²) in [5, 5.41) is 4.42. The van der Waals surface area contributed by atoms with Gasteiger partial charge in [0.25, 0.3) is 5.56 Å². The average molecular weight is 406 g/mol. The summed E-state index contributed by atoms with van der Waals surface area (Å²) in [6.07, 6.45) is 2.95. The minimum absolute atomic E-state index is 0.0448. The van der Waals surface area contributed by atoms with E-state index in [1.807, 2.05) is 60.2 Å². The number of pyridine rings is 2. The third-order valence-electron chi connectivity index (χ3n) is 5.93. The number of anilines is 1. The Morgan fingerprint density at radius 1 is 1.07 bits per heavy atom. The topological polar surface area (TPSA) is 53.4 Å². The number of hydrogen-bond acceptors (Lipinski definition) is 5. The molecule has 0 radical (unpaired) electrons. The second kappa shape index (κ2) is 9.41. The Labute approximate surface area is 178 Å². The first-order chi connectivity index (χ1) is 14.7. The van der Waals surface area contributed by atoms with Crippen LogP contribution in [-0.4, -0.2) is 65.7 Å². The van der Waals surface area contributed by atoms with Gasteiger partial charge in [0.05, 0.1) is 5.52 Å². The molecular formula is C24H31N5O. The molecule has 0 aliphatic carbocycles. The van der Waals surface area contributed by atoms with Crippen molar-refractivity contribution in [2.75, 3.05) is 51.6 Å². The van der Waals surface area contributed by atoms with Crippen molar-refractivity contribution < 1.29 is 0 Å². The molecule has 1 aliphatic rings. The molecule has 158 valence electrons. The average Bonchev–Trinajstić information content (AvgIpc) is 2.78. The zero-order valence-corrected chi connectivity index (χ0v) is 18.0. The largest absolute Gasteiger partial charge is 0.370 e. The lowest BCUT2D eigenvalue weighted by atomic mass is 10.1. The quantitative estimate of drug-likeness (QED) is 0.612. The fourth-order valence-electron chi connectivity index (χ4n) is 4.10. The van der Waals surface area contributed by atoms with Crippen molar-refractivity contribution in [3.05, 3.63) is 59.0 Å². The Balaban J connectivity index is 1.48. The molecule has 4 rings (SSSR count). The molecular weight excluding hydrogens is 374 g/mol. The third kappa shape index (κ3) is 4.55. The number of hydrogen-bond donors (Lipinski definition) is 1. The summed E-state index contributed by atoms with van der Waals surface area (Å²) in [6.45, 7) is 9.23. The van der Waals surface area contributed by atoms with Crippen LogP contribution < -0.4 is 10.9 Å². The van der Waals surface area contributed by atoms with Crippen molar-refractivity contribution in [1.82, 2.24) is 19.4 Å². The van der Waals surface area contributed by atoms with E-state index in [0.29, 0.717) is 6.54 Å². The van der Waals surface area contributed by atoms with Crippen molar-refractivity contribution in [3.63, 3.8) is 0 Å². The van der Waals surface area contributed by atoms with Crippen LogP contribution in [0.5, 0.6) is 0 Å². The van der Waals surface area contributed by atoms with Crippen molar-refractivity contribution in [2.24, 2.45) is 0 Å². The van der Waals surface area contributed by atoms with Gasteiger partial charge in [0.15, 0.2) is 0 Å². The highest BCUT2D eigenvalue weighted by Gasteiger charge is 2.13. The lowest BCUT2D eigenvalue weighted by Crippen LogP contribution is -2.44. The van der Waals surface area contributed by atoms with E-state index in [1.165, 1.54) is 0 Å². The molecule has 1 saturated heterocycles. The molecule has 0 bridgehead atoms. The number of benzene rings is 1. The summed E-state index contributed by atoms with van der Waals surface area (Å²) in [4.78, 5) is 22.6. The van der Waals surface area contributed by atoms with E-state index in [0.717, 1.165) is 73.5 Å². The van der Waals surface area contributed by atoms with Gasteiger partial charge in [-0.15, -0.1) is 0 Å². The van der Waals surface area contributed by atoms with Crippen molar-refractivity contribution >= 4 is 16.7 Å². The predicted octanol–water partition coefficient (Wildman–Crippen LogP) is 3.13. The number of nitrogens with zero attached hydrogens (tertiary/aromatic N) is 4. The lowest BCUT2D eigenvalue weighted by Gasteiger charge is -2.32. The first-order valence-corrected chi connectivity index (χ1v) is 10.9. The summed E-state index contributed by atoms with van der Waals surface area (Å²) in [7, 11) is 2.18. The van der Waals surface area contributed by atoms with Crippen molar-refractivity contribution in [3.8, 4) is 11.1 Å². The molecule has 0 unspecified atom stereocenters. The zero-order valence-electron chi connectivity index (χ0n) is 18.0. The van der Waals surface area contributed by atoms with E-state index in [9.17, 15) is 4.79 Å². The second-order valence-electron chi connectivity index (χ2n) is 8.03. The highest BCUT2D eigenvalue weighted by molar-refractivity contribution is 5.85. The van der Waals surface area contributed by atoms with E-state index < -0.39 is 0 Å². The number of piperazine rings is 1. The first-order valence-electron chi connectivity index (χ1n) is 10.9. The smallest absolute Gasteiger partial charge is 0.258 e. The standard InChI is InChI=1S/C24H31N5O/c1-3-29-22-17-23(25-10-7-11-28-14-12-27(2)13-15-28)26-18-20(22)16-21(24(29)30)19-8-5-4-6-9-19/h4-6,8-9,16-18H,3,7,10-15H2,1-2H3,(H,25,26). The molecule has 0 spiro atoms. The Morgan fingerprint density at radius 2 is 1.83 bits per heavy atom. The summed E-state index contributed by atoms with van der Waals surface area (Å²) < 4.78 is 1.84. The third-order valence-corrected chi connectivity index (χ3v) is 5.93. The summed E-state index contributed by atoms with van der Waals surface area (Å²) >= 11 is 0. The molecule has 6 heteroatoms. The van der Waals surface area contributed by atoms with E-state index in [-0.39, 0.29) is 5.56 Å². The van der Waals surface area contributed by atoms with Gasteiger partial charge in [-0.05, 0) is 38.6 Å². The zero-order chi connectivity index (χ0) is 20.9. The minimum Gasteiger partial charge on any atom is -0.370 e. The fraction of sp³-hybridized carbons (Fsp3) is 0.417. The minimum atomic E-state index is 0.0448. The van der Waals surface area contributed by atoms with E-state index in [1.54, 1.807) is 0 Å². The van der Waals surface area contributed by atoms with Crippen LogP contribution in [-0.2, 0) is 6.54 Å². The Hall–Kier alpha value is -2.70. The van der Waals surface area contributed by atoms with Crippen LogP contribution in [0.4, 0.5) is 5.82 Å². The molecule has 1 N–H and O–H groups in total. The molecule has 1 aromatic carbocycles. The fourth-order valence-corrected chi connectivity index (χ4v) is 4.10. The maximum Gasteiger partial charge on any atom is 0.258 e. The van der Waals surface area contributed by atoms with Gasteiger partial charge < -0.3 is 19.7 Å². The molecule has 6 nitrogen and oxygen atoms in total. The van der Waals surface area contributed by atoms with Crippen molar-refractivity contribution in [2.45, 2.75) is 19.9 Å². The van der Waals surface area contributed by atoms with Crippen LogP contribution in [0.1, 0.15) is 13.3 Å². The molecule has 0 atom stereocenters. The van der Waals surface area contributed by atoms with Gasteiger partial charge in [-0.1, -0.05) is 30.3 Å². The van der Waals surface area contributed by atoms with Crippen LogP contribution in [0.25, 0.3) is 22.0 Å². The first kappa shape index (κ1) is 20.6. The van der Waals surface area contributed by atoms with E-state index >= 15 is 0 Å². The molecule has 0 amide bonds. The Morgan fingerprint density at radius 3 is 2.57 bits per heavy atom. The molecule has 30 heavy (non-hydrogen) atoms. The number of rotatable bonds is 7. The van der Waals surface area contributed by atoms with Gasteiger partial charge in [0, 0.05) is 62.5 Å². The van der Waals surface area contributed by atoms with Crippen LogP contribution in [0.2, 0.25) is 0 Å². The molecule has 1 aliphatic heterocycles. The van der Waals surface area contributed by atoms with Gasteiger partial charge in [0.1, 0.15) is 5.82 Å². The van der Waals surface area contributed by atoms with Crippen LogP contribution in [0.15, 0.2) is 53.5 Å². The SMILES string of the molecule is CCn1c(=O)c(-c2ccccc2)cc2cnc(NCCCN3CCN(C)CC3)cc21. The van der Waals surface area contributed by atoms with Gasteiger partial charge in [-0.2, -0.15) is 0 Å².